The van der Waals surface area contributed by atoms with E-state index in [2.05, 4.69) is 35.1 Å². The Hall–Kier alpha value is -1.86. The summed E-state index contributed by atoms with van der Waals surface area (Å²) in [4.78, 5) is 4.70. The Morgan fingerprint density at radius 2 is 2.25 bits per heavy atom. The van der Waals surface area contributed by atoms with Crippen molar-refractivity contribution in [2.45, 2.75) is 38.6 Å². The number of nitrogens with one attached hydrogen (secondary N) is 1. The number of aryl methyl sites for hydroxylation is 2. The number of hydrogen-bond donors (Lipinski definition) is 1. The summed E-state index contributed by atoms with van der Waals surface area (Å²) in [5, 5.41) is 16.9. The van der Waals surface area contributed by atoms with Gasteiger partial charge in [0, 0.05) is 5.69 Å². The first-order chi connectivity index (χ1) is 9.78. The van der Waals surface area contributed by atoms with E-state index in [0.29, 0.717) is 5.56 Å². The molecule has 0 aromatic carbocycles. The third-order valence-electron chi connectivity index (χ3n) is 3.82. The first-order valence-electron chi connectivity index (χ1n) is 6.99. The van der Waals surface area contributed by atoms with Crippen LogP contribution in [0.1, 0.15) is 48.2 Å². The van der Waals surface area contributed by atoms with E-state index in [1.165, 1.54) is 24.0 Å². The Balaban J connectivity index is 1.90. The predicted molar refractivity (Wildman–Crippen MR) is 82.0 cm³/mol. The third kappa shape index (κ3) is 2.54. The van der Waals surface area contributed by atoms with E-state index in [-0.39, 0.29) is 6.04 Å². The van der Waals surface area contributed by atoms with Gasteiger partial charge in [0.25, 0.3) is 0 Å². The molecule has 2 aromatic rings. The quantitative estimate of drug-likeness (QED) is 0.923. The lowest BCUT2D eigenvalue weighted by molar-refractivity contribution is 0.667. The van der Waals surface area contributed by atoms with E-state index in [1.807, 2.05) is 6.07 Å². The molecule has 1 aliphatic carbocycles. The zero-order chi connectivity index (χ0) is 13.9. The molecular formula is C16H17N3S. The van der Waals surface area contributed by atoms with Crippen molar-refractivity contribution in [1.82, 2.24) is 4.98 Å². The van der Waals surface area contributed by atoms with E-state index < -0.39 is 0 Å². The van der Waals surface area contributed by atoms with E-state index >= 15 is 0 Å². The van der Waals surface area contributed by atoms with Gasteiger partial charge in [-0.1, -0.05) is 0 Å². The van der Waals surface area contributed by atoms with Crippen LogP contribution in [0.25, 0.3) is 0 Å². The lowest BCUT2D eigenvalue weighted by Gasteiger charge is -2.19. The van der Waals surface area contributed by atoms with Gasteiger partial charge < -0.3 is 5.32 Å². The van der Waals surface area contributed by atoms with Gasteiger partial charge in [-0.05, 0) is 66.6 Å². The summed E-state index contributed by atoms with van der Waals surface area (Å²) < 4.78 is 0. The summed E-state index contributed by atoms with van der Waals surface area (Å²) in [6, 6.07) is 6.56. The number of pyridine rings is 1. The molecule has 0 amide bonds. The van der Waals surface area contributed by atoms with Crippen LogP contribution in [0, 0.1) is 11.3 Å². The second-order valence-electron chi connectivity index (χ2n) is 5.23. The Morgan fingerprint density at radius 1 is 1.40 bits per heavy atom. The standard InChI is InChI=1S/C16H17N3S/c1-11(13-6-7-20-10-13)18-16-14(9-17)8-12-4-2-3-5-15(12)19-16/h6-8,10-11H,2-5H2,1H3,(H,18,19). The van der Waals surface area contributed by atoms with Gasteiger partial charge in [-0.3, -0.25) is 0 Å². The minimum atomic E-state index is 0.169. The Labute approximate surface area is 123 Å². The first kappa shape index (κ1) is 13.1. The number of hydrogen-bond acceptors (Lipinski definition) is 4. The number of nitriles is 1. The lowest BCUT2D eigenvalue weighted by atomic mass is 9.95. The van der Waals surface area contributed by atoms with Crippen LogP contribution in [0.3, 0.4) is 0 Å². The fourth-order valence-corrected chi connectivity index (χ4v) is 3.39. The van der Waals surface area contributed by atoms with Crippen molar-refractivity contribution < 1.29 is 0 Å². The summed E-state index contributed by atoms with van der Waals surface area (Å²) >= 11 is 1.69. The summed E-state index contributed by atoms with van der Waals surface area (Å²) in [7, 11) is 0. The molecule has 0 radical (unpaired) electrons. The topological polar surface area (TPSA) is 48.7 Å². The molecule has 4 heteroatoms. The van der Waals surface area contributed by atoms with Crippen LogP contribution >= 0.6 is 11.3 Å². The van der Waals surface area contributed by atoms with Gasteiger partial charge in [0.2, 0.25) is 0 Å². The Kier molecular flexibility index (Phi) is 3.70. The minimum Gasteiger partial charge on any atom is -0.362 e. The van der Waals surface area contributed by atoms with Gasteiger partial charge >= 0.3 is 0 Å². The maximum Gasteiger partial charge on any atom is 0.144 e. The van der Waals surface area contributed by atoms with E-state index in [9.17, 15) is 5.26 Å². The number of nitrogens with zero attached hydrogens (tertiary/aromatic N) is 2. The maximum atomic E-state index is 9.34. The zero-order valence-corrected chi connectivity index (χ0v) is 12.3. The SMILES string of the molecule is CC(Nc1nc2c(cc1C#N)CCCC2)c1ccsc1. The highest BCUT2D eigenvalue weighted by Gasteiger charge is 2.16. The van der Waals surface area contributed by atoms with Crippen molar-refractivity contribution in [3.8, 4) is 6.07 Å². The van der Waals surface area contributed by atoms with E-state index in [1.54, 1.807) is 11.3 Å². The average Bonchev–Trinajstić information content (AvgIpc) is 3.01. The van der Waals surface area contributed by atoms with Crippen LogP contribution in [0.15, 0.2) is 22.9 Å². The molecule has 0 saturated carbocycles. The van der Waals surface area contributed by atoms with Crippen molar-refractivity contribution in [2.75, 3.05) is 5.32 Å². The number of aromatic nitrogens is 1. The fourth-order valence-electron chi connectivity index (χ4n) is 2.64. The summed E-state index contributed by atoms with van der Waals surface area (Å²) in [5.74, 6) is 0.729. The monoisotopic (exact) mass is 283 g/mol. The van der Waals surface area contributed by atoms with Crippen molar-refractivity contribution in [1.29, 1.82) is 5.26 Å². The van der Waals surface area contributed by atoms with Gasteiger partial charge in [-0.2, -0.15) is 16.6 Å². The highest BCUT2D eigenvalue weighted by Crippen LogP contribution is 2.27. The van der Waals surface area contributed by atoms with Crippen LogP contribution in [0.4, 0.5) is 5.82 Å². The summed E-state index contributed by atoms with van der Waals surface area (Å²) in [5.41, 5.74) is 4.31. The smallest absolute Gasteiger partial charge is 0.144 e. The molecule has 3 rings (SSSR count). The molecule has 0 aliphatic heterocycles. The second-order valence-corrected chi connectivity index (χ2v) is 6.01. The van der Waals surface area contributed by atoms with Gasteiger partial charge in [-0.15, -0.1) is 0 Å². The van der Waals surface area contributed by atoms with Crippen molar-refractivity contribution in [3.63, 3.8) is 0 Å². The van der Waals surface area contributed by atoms with Crippen molar-refractivity contribution >= 4 is 17.2 Å². The molecule has 20 heavy (non-hydrogen) atoms. The molecule has 102 valence electrons. The molecule has 1 N–H and O–H groups in total. The number of rotatable bonds is 3. The van der Waals surface area contributed by atoms with Crippen LogP contribution < -0.4 is 5.32 Å². The molecule has 2 heterocycles. The lowest BCUT2D eigenvalue weighted by Crippen LogP contribution is -2.13. The maximum absolute atomic E-state index is 9.34. The first-order valence-corrected chi connectivity index (χ1v) is 7.93. The molecule has 0 fully saturated rings. The largest absolute Gasteiger partial charge is 0.362 e. The van der Waals surface area contributed by atoms with Gasteiger partial charge in [0.05, 0.1) is 11.6 Å². The molecule has 1 atom stereocenters. The highest BCUT2D eigenvalue weighted by molar-refractivity contribution is 7.07. The molecule has 0 saturated heterocycles. The number of anilines is 1. The molecule has 2 aromatic heterocycles. The molecule has 1 aliphatic rings. The molecule has 3 nitrogen and oxygen atoms in total. The van der Waals surface area contributed by atoms with Crippen molar-refractivity contribution in [2.24, 2.45) is 0 Å². The highest BCUT2D eigenvalue weighted by atomic mass is 32.1. The normalized spacial score (nSPS) is 15.2. The fraction of sp³-hybridized carbons (Fsp3) is 0.375. The molecule has 1 unspecified atom stereocenters. The molecule has 0 bridgehead atoms. The molecule has 0 spiro atoms. The van der Waals surface area contributed by atoms with Crippen LogP contribution in [0.5, 0.6) is 0 Å². The third-order valence-corrected chi connectivity index (χ3v) is 4.52. The number of fused-ring (bicyclic) bond motifs is 1. The van der Waals surface area contributed by atoms with E-state index in [0.717, 1.165) is 24.4 Å². The van der Waals surface area contributed by atoms with Crippen LogP contribution in [-0.2, 0) is 12.8 Å². The Morgan fingerprint density at radius 3 is 3.00 bits per heavy atom. The van der Waals surface area contributed by atoms with Crippen LogP contribution in [0.2, 0.25) is 0 Å². The van der Waals surface area contributed by atoms with Crippen LogP contribution in [-0.4, -0.2) is 4.98 Å². The molecular weight excluding hydrogens is 266 g/mol. The van der Waals surface area contributed by atoms with Gasteiger partial charge in [-0.25, -0.2) is 4.98 Å². The van der Waals surface area contributed by atoms with Gasteiger partial charge in [0.15, 0.2) is 0 Å². The Bertz CT molecular complexity index is 640. The average molecular weight is 283 g/mol. The second kappa shape index (κ2) is 5.64. The summed E-state index contributed by atoms with van der Waals surface area (Å²) in [6.45, 7) is 2.10. The summed E-state index contributed by atoms with van der Waals surface area (Å²) in [6.07, 6.45) is 4.49. The number of thiophene rings is 1. The predicted octanol–water partition coefficient (Wildman–Crippen LogP) is 4.07. The van der Waals surface area contributed by atoms with Gasteiger partial charge in [0.1, 0.15) is 11.9 Å². The van der Waals surface area contributed by atoms with E-state index in [4.69, 9.17) is 4.98 Å². The van der Waals surface area contributed by atoms with Crippen molar-refractivity contribution in [3.05, 3.63) is 45.3 Å². The minimum absolute atomic E-state index is 0.169. The zero-order valence-electron chi connectivity index (χ0n) is 11.5.